The van der Waals surface area contributed by atoms with Gasteiger partial charge in [0.2, 0.25) is 6.43 Å². The molecule has 0 atom stereocenters. The van der Waals surface area contributed by atoms with Gasteiger partial charge in [-0.1, -0.05) is 12.2 Å². The maximum atomic E-state index is 11.7. The van der Waals surface area contributed by atoms with Crippen molar-refractivity contribution in [3.05, 3.63) is 12.2 Å². The van der Waals surface area contributed by atoms with E-state index < -0.39 is 6.43 Å². The molecule has 0 aromatic rings. The van der Waals surface area contributed by atoms with Crippen LogP contribution in [0, 0.1) is 5.92 Å². The number of alkyl halides is 2. The first-order chi connectivity index (χ1) is 3.80. The van der Waals surface area contributed by atoms with Gasteiger partial charge in [-0.05, 0) is 12.8 Å². The SMILES string of the molecule is FC(F)C1CC=CC1. The van der Waals surface area contributed by atoms with E-state index in [0.717, 1.165) is 0 Å². The molecule has 0 saturated heterocycles. The van der Waals surface area contributed by atoms with E-state index >= 15 is 0 Å². The number of hydrogen-bond acceptors (Lipinski definition) is 0. The summed E-state index contributed by atoms with van der Waals surface area (Å²) in [6, 6.07) is 0. The second-order valence-corrected chi connectivity index (χ2v) is 2.04. The smallest absolute Gasteiger partial charge is 0.210 e. The molecular formula is C6H8F2. The van der Waals surface area contributed by atoms with Crippen molar-refractivity contribution in [3.8, 4) is 0 Å². The van der Waals surface area contributed by atoms with Gasteiger partial charge in [0.25, 0.3) is 0 Å². The minimum atomic E-state index is -2.12. The summed E-state index contributed by atoms with van der Waals surface area (Å²) in [5.41, 5.74) is 0. The highest BCUT2D eigenvalue weighted by atomic mass is 19.3. The molecule has 1 aliphatic rings. The first-order valence-electron chi connectivity index (χ1n) is 2.74. The summed E-state index contributed by atoms with van der Waals surface area (Å²) in [4.78, 5) is 0. The van der Waals surface area contributed by atoms with Crippen molar-refractivity contribution in [2.75, 3.05) is 0 Å². The second-order valence-electron chi connectivity index (χ2n) is 2.04. The van der Waals surface area contributed by atoms with Crippen LogP contribution in [0.5, 0.6) is 0 Å². The quantitative estimate of drug-likeness (QED) is 0.463. The van der Waals surface area contributed by atoms with Gasteiger partial charge >= 0.3 is 0 Å². The van der Waals surface area contributed by atoms with Gasteiger partial charge in [0.15, 0.2) is 0 Å². The molecule has 0 unspecified atom stereocenters. The van der Waals surface area contributed by atoms with Crippen molar-refractivity contribution < 1.29 is 8.78 Å². The fraction of sp³-hybridized carbons (Fsp3) is 0.667. The summed E-state index contributed by atoms with van der Waals surface area (Å²) in [5.74, 6) is -0.380. The molecule has 0 bridgehead atoms. The van der Waals surface area contributed by atoms with Crippen molar-refractivity contribution in [2.45, 2.75) is 19.3 Å². The average Bonchev–Trinajstić information content (AvgIpc) is 2.12. The van der Waals surface area contributed by atoms with Crippen LogP contribution in [-0.4, -0.2) is 6.43 Å². The lowest BCUT2D eigenvalue weighted by Crippen LogP contribution is -2.05. The van der Waals surface area contributed by atoms with Crippen molar-refractivity contribution in [3.63, 3.8) is 0 Å². The minimum Gasteiger partial charge on any atom is -0.210 e. The van der Waals surface area contributed by atoms with Crippen molar-refractivity contribution in [1.82, 2.24) is 0 Å². The van der Waals surface area contributed by atoms with E-state index in [0.29, 0.717) is 12.8 Å². The fourth-order valence-electron chi connectivity index (χ4n) is 0.844. The van der Waals surface area contributed by atoms with Crippen LogP contribution in [-0.2, 0) is 0 Å². The van der Waals surface area contributed by atoms with Crippen LogP contribution in [0.1, 0.15) is 12.8 Å². The molecule has 0 spiro atoms. The van der Waals surface area contributed by atoms with Crippen LogP contribution in [0.25, 0.3) is 0 Å². The molecule has 0 N–H and O–H groups in total. The normalized spacial score (nSPS) is 20.9. The zero-order valence-electron chi connectivity index (χ0n) is 4.48. The lowest BCUT2D eigenvalue weighted by atomic mass is 10.1. The summed E-state index contributed by atoms with van der Waals surface area (Å²) < 4.78 is 23.4. The van der Waals surface area contributed by atoms with Crippen LogP contribution >= 0.6 is 0 Å². The Bertz CT molecular complexity index is 88.7. The van der Waals surface area contributed by atoms with Gasteiger partial charge < -0.3 is 0 Å². The van der Waals surface area contributed by atoms with Crippen LogP contribution in [0.2, 0.25) is 0 Å². The maximum absolute atomic E-state index is 11.7. The van der Waals surface area contributed by atoms with Gasteiger partial charge in [0.05, 0.1) is 0 Å². The molecule has 0 aliphatic heterocycles. The highest BCUT2D eigenvalue weighted by Gasteiger charge is 2.19. The second kappa shape index (κ2) is 2.25. The van der Waals surface area contributed by atoms with Crippen molar-refractivity contribution in [2.24, 2.45) is 5.92 Å². The lowest BCUT2D eigenvalue weighted by molar-refractivity contribution is 0.0837. The van der Waals surface area contributed by atoms with E-state index in [2.05, 4.69) is 0 Å². The van der Waals surface area contributed by atoms with Gasteiger partial charge in [-0.25, -0.2) is 8.78 Å². The third-order valence-corrected chi connectivity index (χ3v) is 1.40. The predicted molar refractivity (Wildman–Crippen MR) is 27.9 cm³/mol. The molecule has 1 rings (SSSR count). The summed E-state index contributed by atoms with van der Waals surface area (Å²) >= 11 is 0. The van der Waals surface area contributed by atoms with E-state index in [4.69, 9.17) is 0 Å². The highest BCUT2D eigenvalue weighted by Crippen LogP contribution is 2.23. The summed E-state index contributed by atoms with van der Waals surface area (Å²) in [5, 5.41) is 0. The van der Waals surface area contributed by atoms with Gasteiger partial charge in [-0.2, -0.15) is 0 Å². The van der Waals surface area contributed by atoms with Gasteiger partial charge in [-0.3, -0.25) is 0 Å². The van der Waals surface area contributed by atoms with Gasteiger partial charge in [-0.15, -0.1) is 0 Å². The third-order valence-electron chi connectivity index (χ3n) is 1.40. The average molecular weight is 118 g/mol. The summed E-state index contributed by atoms with van der Waals surface area (Å²) in [6.45, 7) is 0. The molecule has 0 nitrogen and oxygen atoms in total. The number of rotatable bonds is 1. The molecule has 0 aromatic heterocycles. The van der Waals surface area contributed by atoms with Crippen LogP contribution in [0.4, 0.5) is 8.78 Å². The largest absolute Gasteiger partial charge is 0.242 e. The van der Waals surface area contributed by atoms with E-state index in [9.17, 15) is 8.78 Å². The fourth-order valence-corrected chi connectivity index (χ4v) is 0.844. The number of allylic oxidation sites excluding steroid dienone is 2. The molecule has 0 amide bonds. The highest BCUT2D eigenvalue weighted by molar-refractivity contribution is 4.94. The zero-order valence-corrected chi connectivity index (χ0v) is 4.48. The Morgan fingerprint density at radius 1 is 1.25 bits per heavy atom. The summed E-state index contributed by atoms with van der Waals surface area (Å²) in [7, 11) is 0. The van der Waals surface area contributed by atoms with E-state index in [1.54, 1.807) is 0 Å². The van der Waals surface area contributed by atoms with E-state index in [1.807, 2.05) is 12.2 Å². The Labute approximate surface area is 47.2 Å². The molecule has 0 heterocycles. The molecular weight excluding hydrogens is 110 g/mol. The first kappa shape index (κ1) is 5.73. The van der Waals surface area contributed by atoms with Gasteiger partial charge in [0.1, 0.15) is 0 Å². The molecule has 2 heteroatoms. The Balaban J connectivity index is 2.29. The first-order valence-corrected chi connectivity index (χ1v) is 2.74. The lowest BCUT2D eigenvalue weighted by Gasteiger charge is -2.04. The molecule has 46 valence electrons. The zero-order chi connectivity index (χ0) is 5.98. The molecule has 0 aromatic carbocycles. The maximum Gasteiger partial charge on any atom is 0.242 e. The summed E-state index contributed by atoms with van der Waals surface area (Å²) in [6.07, 6.45) is 2.65. The molecule has 0 radical (unpaired) electrons. The monoisotopic (exact) mass is 118 g/mol. The number of hydrogen-bond donors (Lipinski definition) is 0. The molecule has 0 saturated carbocycles. The van der Waals surface area contributed by atoms with Gasteiger partial charge in [0, 0.05) is 5.92 Å². The van der Waals surface area contributed by atoms with Crippen LogP contribution < -0.4 is 0 Å². The Morgan fingerprint density at radius 2 is 1.75 bits per heavy atom. The van der Waals surface area contributed by atoms with Crippen LogP contribution in [0.3, 0.4) is 0 Å². The van der Waals surface area contributed by atoms with E-state index in [-0.39, 0.29) is 5.92 Å². The predicted octanol–water partition coefficient (Wildman–Crippen LogP) is 2.22. The van der Waals surface area contributed by atoms with E-state index in [1.165, 1.54) is 0 Å². The van der Waals surface area contributed by atoms with Crippen molar-refractivity contribution in [1.29, 1.82) is 0 Å². The minimum absolute atomic E-state index is 0.380. The Morgan fingerprint density at radius 3 is 2.00 bits per heavy atom. The standard InChI is InChI=1S/C6H8F2/c7-6(8)5-3-1-2-4-5/h1-2,5-6H,3-4H2. The van der Waals surface area contributed by atoms with Crippen LogP contribution in [0.15, 0.2) is 12.2 Å². The molecule has 8 heavy (non-hydrogen) atoms. The Kier molecular flexibility index (Phi) is 1.61. The topological polar surface area (TPSA) is 0 Å². The Hall–Kier alpha value is -0.400. The van der Waals surface area contributed by atoms with Crippen molar-refractivity contribution >= 4 is 0 Å². The number of halogens is 2. The third kappa shape index (κ3) is 1.05. The molecule has 0 fully saturated rings. The molecule has 1 aliphatic carbocycles.